The number of carbonyl (C=O) groups is 1. The Hall–Kier alpha value is -3.34. The molecule has 0 aliphatic rings. The monoisotopic (exact) mass is 304 g/mol. The second kappa shape index (κ2) is 6.19. The molecule has 0 fully saturated rings. The van der Waals surface area contributed by atoms with E-state index in [4.69, 9.17) is 11.6 Å². The van der Waals surface area contributed by atoms with Crippen molar-refractivity contribution in [2.45, 2.75) is 0 Å². The van der Waals surface area contributed by atoms with E-state index in [1.807, 2.05) is 30.3 Å². The molecule has 114 valence electrons. The molecule has 1 amide bonds. The molecule has 0 unspecified atom stereocenters. The molecule has 3 aromatic rings. The Kier molecular flexibility index (Phi) is 3.93. The minimum atomic E-state index is -0.163. The number of amides is 1. The smallest absolute Gasteiger partial charge is 0.255 e. The van der Waals surface area contributed by atoms with Gasteiger partial charge in [0.25, 0.3) is 5.91 Å². The van der Waals surface area contributed by atoms with Gasteiger partial charge in [-0.05, 0) is 58.8 Å². The first-order valence-electron chi connectivity index (χ1n) is 7.10. The fourth-order valence-electron chi connectivity index (χ4n) is 2.34. The van der Waals surface area contributed by atoms with Crippen LogP contribution in [0.5, 0.6) is 0 Å². The van der Waals surface area contributed by atoms with Crippen LogP contribution in [0.3, 0.4) is 0 Å². The van der Waals surface area contributed by atoms with E-state index in [1.54, 1.807) is 36.5 Å². The van der Waals surface area contributed by atoms with Gasteiger partial charge in [-0.3, -0.25) is 4.79 Å². The zero-order valence-corrected chi connectivity index (χ0v) is 12.4. The lowest BCUT2D eigenvalue weighted by atomic mass is 10.0. The Morgan fingerprint density at radius 2 is 1.65 bits per heavy atom. The van der Waals surface area contributed by atoms with Crippen molar-refractivity contribution in [3.8, 4) is 0 Å². The zero-order chi connectivity index (χ0) is 16.2. The van der Waals surface area contributed by atoms with E-state index < -0.39 is 0 Å². The third-order valence-corrected chi connectivity index (χ3v) is 3.52. The number of hydrazone groups is 1. The molecule has 3 aromatic carbocycles. The van der Waals surface area contributed by atoms with Crippen LogP contribution in [0.4, 0.5) is 11.4 Å². The number of nitrogens with two attached hydrogens (primary N) is 2. The van der Waals surface area contributed by atoms with Gasteiger partial charge in [0.2, 0.25) is 0 Å². The summed E-state index contributed by atoms with van der Waals surface area (Å²) in [5, 5.41) is 8.36. The number of rotatable bonds is 3. The highest BCUT2D eigenvalue weighted by Crippen LogP contribution is 2.19. The summed E-state index contributed by atoms with van der Waals surface area (Å²) >= 11 is 0. The minimum Gasteiger partial charge on any atom is -0.399 e. The van der Waals surface area contributed by atoms with Crippen LogP contribution in [0.25, 0.3) is 10.8 Å². The van der Waals surface area contributed by atoms with Gasteiger partial charge >= 0.3 is 0 Å². The average Bonchev–Trinajstić information content (AvgIpc) is 2.56. The summed E-state index contributed by atoms with van der Waals surface area (Å²) in [5.74, 6) is 5.00. The van der Waals surface area contributed by atoms with Crippen LogP contribution in [-0.4, -0.2) is 12.1 Å². The predicted octanol–water partition coefficient (Wildman–Crippen LogP) is 2.97. The van der Waals surface area contributed by atoms with Gasteiger partial charge in [-0.1, -0.05) is 18.2 Å². The Balaban J connectivity index is 1.86. The van der Waals surface area contributed by atoms with Gasteiger partial charge in [0, 0.05) is 16.9 Å². The maximum atomic E-state index is 12.3. The molecule has 0 atom stereocenters. The van der Waals surface area contributed by atoms with Crippen LogP contribution in [0.1, 0.15) is 15.9 Å². The fourth-order valence-corrected chi connectivity index (χ4v) is 2.34. The number of hydrogen-bond acceptors (Lipinski definition) is 4. The van der Waals surface area contributed by atoms with Gasteiger partial charge in [-0.2, -0.15) is 5.10 Å². The number of benzene rings is 3. The molecule has 0 heterocycles. The highest BCUT2D eigenvalue weighted by molar-refractivity contribution is 6.06. The normalized spacial score (nSPS) is 11.0. The lowest BCUT2D eigenvalue weighted by Gasteiger charge is -2.07. The summed E-state index contributed by atoms with van der Waals surface area (Å²) in [6.45, 7) is 0. The number of nitrogens with zero attached hydrogens (tertiary/aromatic N) is 1. The van der Waals surface area contributed by atoms with Crippen LogP contribution in [0.2, 0.25) is 0 Å². The molecule has 5 nitrogen and oxygen atoms in total. The third-order valence-electron chi connectivity index (χ3n) is 3.52. The van der Waals surface area contributed by atoms with Crippen LogP contribution in [-0.2, 0) is 0 Å². The first-order chi connectivity index (χ1) is 11.2. The Bertz CT molecular complexity index is 885. The molecule has 3 rings (SSSR count). The van der Waals surface area contributed by atoms with Crippen LogP contribution >= 0.6 is 0 Å². The number of carbonyl (C=O) groups excluding carboxylic acids is 1. The molecule has 0 saturated heterocycles. The summed E-state index contributed by atoms with van der Waals surface area (Å²) in [5.41, 5.74) is 8.51. The molecule has 0 spiro atoms. The topological polar surface area (TPSA) is 93.5 Å². The molecule has 5 N–H and O–H groups in total. The lowest BCUT2D eigenvalue weighted by molar-refractivity contribution is 0.102. The van der Waals surface area contributed by atoms with Gasteiger partial charge in [-0.15, -0.1) is 0 Å². The standard InChI is InChI=1S/C18H16N4O/c19-16-5-7-17(8-6-16)22-18(23)15-4-3-13-9-12(11-21-20)1-2-14(13)10-15/h1-11H,19-20H2,(H,22,23)/b21-11-. The number of hydrogen-bond donors (Lipinski definition) is 3. The lowest BCUT2D eigenvalue weighted by Crippen LogP contribution is -2.11. The average molecular weight is 304 g/mol. The molecule has 0 saturated carbocycles. The number of fused-ring (bicyclic) bond motifs is 1. The predicted molar refractivity (Wildman–Crippen MR) is 94.5 cm³/mol. The van der Waals surface area contributed by atoms with Crippen LogP contribution in [0.15, 0.2) is 65.8 Å². The van der Waals surface area contributed by atoms with E-state index in [0.29, 0.717) is 16.9 Å². The highest BCUT2D eigenvalue weighted by Gasteiger charge is 2.07. The second-order valence-electron chi connectivity index (χ2n) is 5.18. The summed E-state index contributed by atoms with van der Waals surface area (Å²) in [7, 11) is 0. The van der Waals surface area contributed by atoms with E-state index >= 15 is 0 Å². The zero-order valence-electron chi connectivity index (χ0n) is 12.4. The van der Waals surface area contributed by atoms with Crippen molar-refractivity contribution >= 4 is 34.3 Å². The summed E-state index contributed by atoms with van der Waals surface area (Å²) in [4.78, 5) is 12.3. The van der Waals surface area contributed by atoms with E-state index in [0.717, 1.165) is 16.3 Å². The molecular weight excluding hydrogens is 288 g/mol. The SMILES string of the molecule is N/N=C\c1ccc2cc(C(=O)Nc3ccc(N)cc3)ccc2c1. The van der Waals surface area contributed by atoms with E-state index in [2.05, 4.69) is 10.4 Å². The van der Waals surface area contributed by atoms with Crippen molar-refractivity contribution in [3.05, 3.63) is 71.8 Å². The molecule has 5 heteroatoms. The number of nitrogens with one attached hydrogen (secondary N) is 1. The third kappa shape index (κ3) is 3.29. The first kappa shape index (κ1) is 14.6. The highest BCUT2D eigenvalue weighted by atomic mass is 16.1. The summed E-state index contributed by atoms with van der Waals surface area (Å²) in [6, 6.07) is 18.4. The molecule has 0 bridgehead atoms. The van der Waals surface area contributed by atoms with Crippen molar-refractivity contribution in [2.24, 2.45) is 10.9 Å². The van der Waals surface area contributed by atoms with Gasteiger partial charge in [-0.25, -0.2) is 0 Å². The molecule has 0 aliphatic heterocycles. The first-order valence-corrected chi connectivity index (χ1v) is 7.10. The Morgan fingerprint density at radius 1 is 0.957 bits per heavy atom. The Morgan fingerprint density at radius 3 is 2.39 bits per heavy atom. The number of nitrogen functional groups attached to an aromatic ring is 1. The minimum absolute atomic E-state index is 0.163. The van der Waals surface area contributed by atoms with Crippen molar-refractivity contribution in [2.75, 3.05) is 11.1 Å². The Labute approximate surface area is 133 Å². The van der Waals surface area contributed by atoms with Crippen LogP contribution in [0, 0.1) is 0 Å². The molecule has 0 radical (unpaired) electrons. The van der Waals surface area contributed by atoms with Crippen molar-refractivity contribution in [3.63, 3.8) is 0 Å². The maximum absolute atomic E-state index is 12.3. The summed E-state index contributed by atoms with van der Waals surface area (Å²) < 4.78 is 0. The van der Waals surface area contributed by atoms with Gasteiger partial charge in [0.15, 0.2) is 0 Å². The van der Waals surface area contributed by atoms with Gasteiger partial charge in [0.1, 0.15) is 0 Å². The summed E-state index contributed by atoms with van der Waals surface area (Å²) in [6.07, 6.45) is 1.58. The number of anilines is 2. The molecule has 23 heavy (non-hydrogen) atoms. The van der Waals surface area contributed by atoms with Crippen molar-refractivity contribution in [1.29, 1.82) is 0 Å². The van der Waals surface area contributed by atoms with Crippen LogP contribution < -0.4 is 16.9 Å². The molecular formula is C18H16N4O. The molecule has 0 aromatic heterocycles. The van der Waals surface area contributed by atoms with E-state index in [9.17, 15) is 4.79 Å². The second-order valence-corrected chi connectivity index (χ2v) is 5.18. The maximum Gasteiger partial charge on any atom is 0.255 e. The van der Waals surface area contributed by atoms with E-state index in [1.165, 1.54) is 0 Å². The van der Waals surface area contributed by atoms with Crippen molar-refractivity contribution < 1.29 is 4.79 Å². The van der Waals surface area contributed by atoms with Crippen molar-refractivity contribution in [1.82, 2.24) is 0 Å². The van der Waals surface area contributed by atoms with Gasteiger partial charge in [0.05, 0.1) is 6.21 Å². The molecule has 0 aliphatic carbocycles. The largest absolute Gasteiger partial charge is 0.399 e. The fraction of sp³-hybridized carbons (Fsp3) is 0. The van der Waals surface area contributed by atoms with E-state index in [-0.39, 0.29) is 5.91 Å². The van der Waals surface area contributed by atoms with Gasteiger partial charge < -0.3 is 16.9 Å². The quantitative estimate of drug-likeness (QED) is 0.300.